The Balaban J connectivity index is 1.52. The highest BCUT2D eigenvalue weighted by atomic mass is 16.5. The highest BCUT2D eigenvalue weighted by molar-refractivity contribution is 5.78. The van der Waals surface area contributed by atoms with E-state index in [4.69, 9.17) is 9.15 Å². The van der Waals surface area contributed by atoms with Crippen LogP contribution in [0.4, 0.5) is 0 Å². The van der Waals surface area contributed by atoms with Crippen molar-refractivity contribution >= 4 is 5.91 Å². The van der Waals surface area contributed by atoms with Crippen LogP contribution in [0.15, 0.2) is 71.6 Å². The van der Waals surface area contributed by atoms with Crippen LogP contribution < -0.4 is 0 Å². The van der Waals surface area contributed by atoms with Crippen molar-refractivity contribution in [1.82, 2.24) is 14.8 Å². The molecule has 6 heteroatoms. The summed E-state index contributed by atoms with van der Waals surface area (Å²) in [6.45, 7) is 2.82. The molecule has 3 aromatic rings. The molecule has 1 saturated heterocycles. The molecule has 3 heterocycles. The number of hydrogen-bond acceptors (Lipinski definition) is 5. The van der Waals surface area contributed by atoms with Crippen molar-refractivity contribution in [3.8, 4) is 11.3 Å². The third-order valence-electron chi connectivity index (χ3n) is 5.22. The van der Waals surface area contributed by atoms with Gasteiger partial charge in [0.05, 0.1) is 18.9 Å². The molecule has 0 radical (unpaired) electrons. The lowest BCUT2D eigenvalue weighted by molar-refractivity contribution is -0.132. The third kappa shape index (κ3) is 4.72. The molecule has 1 amide bonds. The van der Waals surface area contributed by atoms with Crippen molar-refractivity contribution < 1.29 is 13.9 Å². The number of furan rings is 1. The second kappa shape index (κ2) is 9.03. The van der Waals surface area contributed by atoms with Crippen molar-refractivity contribution in [1.29, 1.82) is 0 Å². The Bertz CT molecular complexity index is 928. The number of benzene rings is 1. The molecule has 0 aliphatic carbocycles. The van der Waals surface area contributed by atoms with Gasteiger partial charge in [0.2, 0.25) is 5.91 Å². The number of ether oxygens (including phenoxy) is 1. The van der Waals surface area contributed by atoms with Crippen LogP contribution in [0.2, 0.25) is 0 Å². The summed E-state index contributed by atoms with van der Waals surface area (Å²) in [4.78, 5) is 21.2. The number of amides is 1. The number of carbonyl (C=O) groups is 1. The molecular weight excluding hydrogens is 366 g/mol. The second-order valence-corrected chi connectivity index (χ2v) is 7.30. The summed E-state index contributed by atoms with van der Waals surface area (Å²) >= 11 is 0. The van der Waals surface area contributed by atoms with Crippen LogP contribution in [-0.4, -0.2) is 53.5 Å². The molecule has 0 bridgehead atoms. The summed E-state index contributed by atoms with van der Waals surface area (Å²) in [6, 6.07) is 15.9. The minimum absolute atomic E-state index is 0.0473. The smallest absolute Gasteiger partial charge is 0.237 e. The van der Waals surface area contributed by atoms with Crippen LogP contribution >= 0.6 is 0 Å². The van der Waals surface area contributed by atoms with Gasteiger partial charge >= 0.3 is 0 Å². The lowest BCUT2D eigenvalue weighted by atomic mass is 10.0. The topological polar surface area (TPSA) is 58.8 Å². The average Bonchev–Trinajstić information content (AvgIpc) is 3.23. The van der Waals surface area contributed by atoms with Gasteiger partial charge in [-0.3, -0.25) is 14.7 Å². The van der Waals surface area contributed by atoms with Gasteiger partial charge in [0.15, 0.2) is 0 Å². The van der Waals surface area contributed by atoms with Crippen LogP contribution in [0.25, 0.3) is 11.3 Å². The highest BCUT2D eigenvalue weighted by Gasteiger charge is 2.28. The number of hydrogen-bond donors (Lipinski definition) is 0. The molecule has 1 aliphatic rings. The summed E-state index contributed by atoms with van der Waals surface area (Å²) in [5, 5.41) is 0. The van der Waals surface area contributed by atoms with Crippen LogP contribution in [0.3, 0.4) is 0 Å². The Morgan fingerprint density at radius 1 is 1.10 bits per heavy atom. The average molecular weight is 391 g/mol. The number of aromatic nitrogens is 1. The van der Waals surface area contributed by atoms with Gasteiger partial charge in [-0.1, -0.05) is 30.3 Å². The van der Waals surface area contributed by atoms with Gasteiger partial charge in [0, 0.05) is 51.2 Å². The Morgan fingerprint density at radius 3 is 2.76 bits per heavy atom. The molecule has 0 spiro atoms. The van der Waals surface area contributed by atoms with Gasteiger partial charge in [-0.25, -0.2) is 0 Å². The Morgan fingerprint density at radius 2 is 2.00 bits per heavy atom. The van der Waals surface area contributed by atoms with Crippen molar-refractivity contribution in [3.05, 3.63) is 78.3 Å². The highest BCUT2D eigenvalue weighted by Crippen LogP contribution is 2.26. The predicted molar refractivity (Wildman–Crippen MR) is 110 cm³/mol. The Hall–Kier alpha value is -2.96. The standard InChI is InChI=1S/C23H25N3O3/c1-28-20-15-25(14-19-7-2-3-8-21(19)22-9-5-11-29-22)17-23(27)26(16-20)13-18-6-4-10-24-12-18/h2-12,20H,13-17H2,1H3. The number of nitrogens with zero attached hydrogens (tertiary/aromatic N) is 3. The van der Waals surface area contributed by atoms with Crippen LogP contribution in [0, 0.1) is 0 Å². The van der Waals surface area contributed by atoms with Crippen LogP contribution in [0.5, 0.6) is 0 Å². The molecule has 1 unspecified atom stereocenters. The van der Waals surface area contributed by atoms with Gasteiger partial charge in [-0.2, -0.15) is 0 Å². The first-order valence-corrected chi connectivity index (χ1v) is 9.76. The fourth-order valence-electron chi connectivity index (χ4n) is 3.75. The molecule has 150 valence electrons. The number of pyridine rings is 1. The van der Waals surface area contributed by atoms with E-state index >= 15 is 0 Å². The quantitative estimate of drug-likeness (QED) is 0.646. The first-order valence-electron chi connectivity index (χ1n) is 9.76. The molecule has 0 saturated carbocycles. The zero-order valence-corrected chi connectivity index (χ0v) is 16.5. The summed E-state index contributed by atoms with van der Waals surface area (Å²) in [5.41, 5.74) is 3.20. The summed E-state index contributed by atoms with van der Waals surface area (Å²) in [5.74, 6) is 0.937. The normalized spacial score (nSPS) is 18.0. The zero-order valence-electron chi connectivity index (χ0n) is 16.5. The maximum Gasteiger partial charge on any atom is 0.237 e. The lowest BCUT2D eigenvalue weighted by Crippen LogP contribution is -2.37. The molecule has 2 aromatic heterocycles. The lowest BCUT2D eigenvalue weighted by Gasteiger charge is -2.23. The summed E-state index contributed by atoms with van der Waals surface area (Å²) in [6.07, 6.45) is 5.18. The molecule has 4 rings (SSSR count). The van der Waals surface area contributed by atoms with E-state index in [-0.39, 0.29) is 12.0 Å². The monoisotopic (exact) mass is 391 g/mol. The van der Waals surface area contributed by atoms with E-state index in [2.05, 4.69) is 22.0 Å². The van der Waals surface area contributed by atoms with Crippen molar-refractivity contribution in [2.24, 2.45) is 0 Å². The summed E-state index contributed by atoms with van der Waals surface area (Å²) in [7, 11) is 1.71. The fraction of sp³-hybridized carbons (Fsp3) is 0.304. The second-order valence-electron chi connectivity index (χ2n) is 7.30. The largest absolute Gasteiger partial charge is 0.464 e. The first kappa shape index (κ1) is 19.4. The van der Waals surface area contributed by atoms with E-state index in [9.17, 15) is 4.79 Å². The molecule has 1 atom stereocenters. The molecule has 29 heavy (non-hydrogen) atoms. The van der Waals surface area contributed by atoms with Gasteiger partial charge in [-0.05, 0) is 29.3 Å². The number of carbonyl (C=O) groups excluding carboxylic acids is 1. The Kier molecular flexibility index (Phi) is 6.03. The molecule has 1 aliphatic heterocycles. The van der Waals surface area contributed by atoms with E-state index in [0.717, 1.165) is 22.5 Å². The minimum Gasteiger partial charge on any atom is -0.464 e. The number of methoxy groups -OCH3 is 1. The maximum absolute atomic E-state index is 13.0. The van der Waals surface area contributed by atoms with Gasteiger partial charge in [-0.15, -0.1) is 0 Å². The molecule has 6 nitrogen and oxygen atoms in total. The molecular formula is C23H25N3O3. The van der Waals surface area contributed by atoms with E-state index in [0.29, 0.717) is 32.7 Å². The van der Waals surface area contributed by atoms with Gasteiger partial charge in [0.1, 0.15) is 5.76 Å². The van der Waals surface area contributed by atoms with Crippen molar-refractivity contribution in [2.45, 2.75) is 19.2 Å². The SMILES string of the molecule is COC1CN(Cc2ccccc2-c2ccco2)CC(=O)N(Cc2cccnc2)C1. The Labute approximate surface area is 170 Å². The first-order chi connectivity index (χ1) is 14.2. The number of rotatable bonds is 6. The maximum atomic E-state index is 13.0. The molecule has 0 N–H and O–H groups in total. The van der Waals surface area contributed by atoms with Crippen LogP contribution in [0.1, 0.15) is 11.1 Å². The van der Waals surface area contributed by atoms with E-state index < -0.39 is 0 Å². The van der Waals surface area contributed by atoms with Gasteiger partial charge < -0.3 is 14.1 Å². The fourth-order valence-corrected chi connectivity index (χ4v) is 3.75. The minimum atomic E-state index is -0.0473. The van der Waals surface area contributed by atoms with E-state index in [1.807, 2.05) is 41.3 Å². The summed E-state index contributed by atoms with van der Waals surface area (Å²) < 4.78 is 11.3. The van der Waals surface area contributed by atoms with Crippen LogP contribution in [-0.2, 0) is 22.6 Å². The van der Waals surface area contributed by atoms with E-state index in [1.54, 1.807) is 25.8 Å². The van der Waals surface area contributed by atoms with Crippen molar-refractivity contribution in [3.63, 3.8) is 0 Å². The zero-order chi connectivity index (χ0) is 20.1. The van der Waals surface area contributed by atoms with Crippen molar-refractivity contribution in [2.75, 3.05) is 26.7 Å². The third-order valence-corrected chi connectivity index (χ3v) is 5.22. The van der Waals surface area contributed by atoms with Gasteiger partial charge in [0.25, 0.3) is 0 Å². The molecule has 1 fully saturated rings. The van der Waals surface area contributed by atoms with E-state index in [1.165, 1.54) is 0 Å². The predicted octanol–water partition coefficient (Wildman–Crippen LogP) is 3.20. The molecule has 1 aromatic carbocycles.